The summed E-state index contributed by atoms with van der Waals surface area (Å²) in [5.74, 6) is 0.785. The van der Waals surface area contributed by atoms with Crippen LogP contribution < -0.4 is 9.64 Å². The fourth-order valence-electron chi connectivity index (χ4n) is 3.62. The second kappa shape index (κ2) is 7.96. The maximum atomic E-state index is 12.7. The summed E-state index contributed by atoms with van der Waals surface area (Å²) in [5, 5.41) is 8.16. The predicted molar refractivity (Wildman–Crippen MR) is 100 cm³/mol. The third-order valence-electron chi connectivity index (χ3n) is 5.16. The van der Waals surface area contributed by atoms with E-state index in [9.17, 15) is 4.79 Å². The predicted octanol–water partition coefficient (Wildman–Crippen LogP) is 1.43. The molecule has 8 heteroatoms. The van der Waals surface area contributed by atoms with Gasteiger partial charge in [0.15, 0.2) is 5.69 Å². The summed E-state index contributed by atoms with van der Waals surface area (Å²) in [6.07, 6.45) is 4.04. The molecule has 0 aliphatic carbocycles. The van der Waals surface area contributed by atoms with Gasteiger partial charge in [-0.2, -0.15) is 0 Å². The second-order valence-electron chi connectivity index (χ2n) is 6.94. The van der Waals surface area contributed by atoms with Crippen LogP contribution in [0.5, 0.6) is 5.75 Å². The third-order valence-corrected chi connectivity index (χ3v) is 5.16. The number of anilines is 1. The molecule has 1 aromatic carbocycles. The summed E-state index contributed by atoms with van der Waals surface area (Å²) >= 11 is 0. The number of hydrogen-bond donors (Lipinski definition) is 0. The van der Waals surface area contributed by atoms with Crippen LogP contribution in [0.15, 0.2) is 30.5 Å². The van der Waals surface area contributed by atoms with Crippen molar-refractivity contribution in [1.82, 2.24) is 19.9 Å². The molecule has 1 amide bonds. The van der Waals surface area contributed by atoms with E-state index in [0.29, 0.717) is 25.3 Å². The lowest BCUT2D eigenvalue weighted by Crippen LogP contribution is -2.48. The van der Waals surface area contributed by atoms with Crippen molar-refractivity contribution in [2.75, 3.05) is 44.8 Å². The Bertz CT molecular complexity index is 779. The van der Waals surface area contributed by atoms with Crippen molar-refractivity contribution in [1.29, 1.82) is 0 Å². The topological polar surface area (TPSA) is 72.7 Å². The summed E-state index contributed by atoms with van der Waals surface area (Å²) < 4.78 is 12.6. The maximum absolute atomic E-state index is 12.7. The standard InChI is InChI=1S/C19H25N5O3/c1-26-16-5-2-4-15(12-16)22-7-9-23(10-8-22)19(25)18-14-24(21-20-18)13-17-6-3-11-27-17/h2,4-5,12,14,17H,3,6-11,13H2,1H3. The summed E-state index contributed by atoms with van der Waals surface area (Å²) in [7, 11) is 1.67. The largest absolute Gasteiger partial charge is 0.497 e. The number of benzene rings is 1. The number of rotatable bonds is 5. The van der Waals surface area contributed by atoms with Gasteiger partial charge in [-0.15, -0.1) is 5.10 Å². The van der Waals surface area contributed by atoms with Gasteiger partial charge in [-0.3, -0.25) is 4.79 Å². The van der Waals surface area contributed by atoms with E-state index in [1.807, 2.05) is 23.1 Å². The highest BCUT2D eigenvalue weighted by atomic mass is 16.5. The van der Waals surface area contributed by atoms with Gasteiger partial charge in [-0.05, 0) is 25.0 Å². The average molecular weight is 371 g/mol. The second-order valence-corrected chi connectivity index (χ2v) is 6.94. The van der Waals surface area contributed by atoms with Gasteiger partial charge in [0, 0.05) is 44.5 Å². The quantitative estimate of drug-likeness (QED) is 0.792. The third kappa shape index (κ3) is 4.05. The summed E-state index contributed by atoms with van der Waals surface area (Å²) in [6.45, 7) is 4.35. The highest BCUT2D eigenvalue weighted by molar-refractivity contribution is 5.92. The van der Waals surface area contributed by atoms with Crippen LogP contribution in [0, 0.1) is 0 Å². The fourth-order valence-corrected chi connectivity index (χ4v) is 3.62. The van der Waals surface area contributed by atoms with E-state index in [4.69, 9.17) is 9.47 Å². The molecule has 1 aromatic heterocycles. The number of ether oxygens (including phenoxy) is 2. The number of carbonyl (C=O) groups excluding carboxylic acids is 1. The van der Waals surface area contributed by atoms with Gasteiger partial charge in [0.05, 0.1) is 26.0 Å². The molecule has 0 N–H and O–H groups in total. The molecule has 0 spiro atoms. The molecule has 0 saturated carbocycles. The molecule has 8 nitrogen and oxygen atoms in total. The normalized spacial score (nSPS) is 20.1. The summed E-state index contributed by atoms with van der Waals surface area (Å²) in [5.41, 5.74) is 1.52. The van der Waals surface area contributed by atoms with Crippen LogP contribution in [0.25, 0.3) is 0 Å². The molecule has 27 heavy (non-hydrogen) atoms. The monoisotopic (exact) mass is 371 g/mol. The van der Waals surface area contributed by atoms with Crippen molar-refractivity contribution in [2.24, 2.45) is 0 Å². The Morgan fingerprint density at radius 3 is 2.89 bits per heavy atom. The number of amides is 1. The minimum Gasteiger partial charge on any atom is -0.497 e. The van der Waals surface area contributed by atoms with Crippen LogP contribution in [0.4, 0.5) is 5.69 Å². The van der Waals surface area contributed by atoms with Crippen LogP contribution in [-0.2, 0) is 11.3 Å². The molecule has 2 aliphatic heterocycles. The van der Waals surface area contributed by atoms with E-state index in [1.165, 1.54) is 0 Å². The number of methoxy groups -OCH3 is 1. The van der Waals surface area contributed by atoms with E-state index >= 15 is 0 Å². The molecule has 1 unspecified atom stereocenters. The van der Waals surface area contributed by atoms with Gasteiger partial charge in [0.1, 0.15) is 5.75 Å². The molecular formula is C19H25N5O3. The first-order chi connectivity index (χ1) is 13.2. The van der Waals surface area contributed by atoms with E-state index in [0.717, 1.165) is 44.0 Å². The van der Waals surface area contributed by atoms with Gasteiger partial charge in [0.2, 0.25) is 0 Å². The van der Waals surface area contributed by atoms with E-state index in [1.54, 1.807) is 18.0 Å². The summed E-state index contributed by atoms with van der Waals surface area (Å²) in [6, 6.07) is 8.01. The molecule has 0 bridgehead atoms. The molecule has 2 aromatic rings. The van der Waals surface area contributed by atoms with Gasteiger partial charge in [0.25, 0.3) is 5.91 Å². The van der Waals surface area contributed by atoms with Crippen molar-refractivity contribution < 1.29 is 14.3 Å². The number of aromatic nitrogens is 3. The minimum absolute atomic E-state index is 0.0566. The molecule has 2 aliphatic rings. The Kier molecular flexibility index (Phi) is 5.24. The lowest BCUT2D eigenvalue weighted by molar-refractivity contribution is 0.0740. The van der Waals surface area contributed by atoms with Crippen molar-refractivity contribution in [3.05, 3.63) is 36.2 Å². The fraction of sp³-hybridized carbons (Fsp3) is 0.526. The van der Waals surface area contributed by atoms with Crippen LogP contribution in [0.1, 0.15) is 23.3 Å². The van der Waals surface area contributed by atoms with Crippen molar-refractivity contribution in [3.8, 4) is 5.75 Å². The Morgan fingerprint density at radius 2 is 2.15 bits per heavy atom. The Balaban J connectivity index is 1.33. The molecule has 2 fully saturated rings. The van der Waals surface area contributed by atoms with E-state index in [2.05, 4.69) is 21.3 Å². The van der Waals surface area contributed by atoms with Gasteiger partial charge >= 0.3 is 0 Å². The molecule has 144 valence electrons. The van der Waals surface area contributed by atoms with Crippen LogP contribution >= 0.6 is 0 Å². The lowest BCUT2D eigenvalue weighted by atomic mass is 10.2. The highest BCUT2D eigenvalue weighted by Gasteiger charge is 2.25. The number of nitrogens with zero attached hydrogens (tertiary/aromatic N) is 5. The zero-order valence-electron chi connectivity index (χ0n) is 15.6. The molecule has 2 saturated heterocycles. The Morgan fingerprint density at radius 1 is 1.30 bits per heavy atom. The first-order valence-electron chi connectivity index (χ1n) is 9.43. The SMILES string of the molecule is COc1cccc(N2CCN(C(=O)c3cn(CC4CCCO4)nn3)CC2)c1. The Labute approximate surface area is 158 Å². The van der Waals surface area contributed by atoms with Crippen LogP contribution in [-0.4, -0.2) is 71.8 Å². The van der Waals surface area contributed by atoms with Crippen molar-refractivity contribution in [3.63, 3.8) is 0 Å². The zero-order valence-corrected chi connectivity index (χ0v) is 15.6. The highest BCUT2D eigenvalue weighted by Crippen LogP contribution is 2.22. The molecule has 4 rings (SSSR count). The van der Waals surface area contributed by atoms with Gasteiger partial charge < -0.3 is 19.3 Å². The lowest BCUT2D eigenvalue weighted by Gasteiger charge is -2.35. The first kappa shape index (κ1) is 17.8. The maximum Gasteiger partial charge on any atom is 0.276 e. The Hall–Kier alpha value is -2.61. The molecule has 0 radical (unpaired) electrons. The van der Waals surface area contributed by atoms with Crippen LogP contribution in [0.2, 0.25) is 0 Å². The van der Waals surface area contributed by atoms with E-state index < -0.39 is 0 Å². The number of carbonyl (C=O) groups is 1. The minimum atomic E-state index is -0.0566. The van der Waals surface area contributed by atoms with Crippen LogP contribution in [0.3, 0.4) is 0 Å². The molecule has 3 heterocycles. The van der Waals surface area contributed by atoms with E-state index in [-0.39, 0.29) is 12.0 Å². The number of piperazine rings is 1. The van der Waals surface area contributed by atoms with Gasteiger partial charge in [-0.1, -0.05) is 11.3 Å². The number of hydrogen-bond acceptors (Lipinski definition) is 6. The molecule has 1 atom stereocenters. The zero-order chi connectivity index (χ0) is 18.6. The first-order valence-corrected chi connectivity index (χ1v) is 9.43. The van der Waals surface area contributed by atoms with Crippen molar-refractivity contribution in [2.45, 2.75) is 25.5 Å². The smallest absolute Gasteiger partial charge is 0.276 e. The molecular weight excluding hydrogens is 346 g/mol. The van der Waals surface area contributed by atoms with Gasteiger partial charge in [-0.25, -0.2) is 4.68 Å². The summed E-state index contributed by atoms with van der Waals surface area (Å²) in [4.78, 5) is 16.8. The average Bonchev–Trinajstić information content (AvgIpc) is 3.40. The van der Waals surface area contributed by atoms with Crippen molar-refractivity contribution >= 4 is 11.6 Å².